The minimum Gasteiger partial charge on any atom is -0.478 e. The number of hydrogen-bond acceptors (Lipinski definition) is 4. The molecule has 0 saturated carbocycles. The summed E-state index contributed by atoms with van der Waals surface area (Å²) >= 11 is 0. The molecule has 0 aromatic carbocycles. The van der Waals surface area contributed by atoms with Gasteiger partial charge in [0.15, 0.2) is 0 Å². The third-order valence-corrected chi connectivity index (χ3v) is 3.24. The summed E-state index contributed by atoms with van der Waals surface area (Å²) in [4.78, 5) is 41.3. The molecule has 2 amide bonds. The average molecular weight is 277 g/mol. The molecule has 1 saturated heterocycles. The smallest absolute Gasteiger partial charge is 0.337 e. The lowest BCUT2D eigenvalue weighted by atomic mass is 10.2. The van der Waals surface area contributed by atoms with Gasteiger partial charge in [-0.2, -0.15) is 0 Å². The van der Waals surface area contributed by atoms with Crippen LogP contribution in [0.1, 0.15) is 27.8 Å². The van der Waals surface area contributed by atoms with E-state index < -0.39 is 5.97 Å². The Hall–Kier alpha value is -2.44. The normalized spacial score (nSPS) is 15.1. The molecule has 20 heavy (non-hydrogen) atoms. The van der Waals surface area contributed by atoms with Gasteiger partial charge in [0.2, 0.25) is 5.91 Å². The third kappa shape index (κ3) is 2.93. The molecule has 1 aliphatic heterocycles. The zero-order chi connectivity index (χ0) is 14.7. The van der Waals surface area contributed by atoms with E-state index in [1.807, 2.05) is 0 Å². The molecule has 1 aromatic rings. The largest absolute Gasteiger partial charge is 0.478 e. The number of nitrogens with zero attached hydrogens (tertiary/aromatic N) is 3. The van der Waals surface area contributed by atoms with Crippen LogP contribution < -0.4 is 0 Å². The highest BCUT2D eigenvalue weighted by atomic mass is 16.4. The highest BCUT2D eigenvalue weighted by Gasteiger charge is 2.24. The van der Waals surface area contributed by atoms with Gasteiger partial charge in [0, 0.05) is 39.3 Å². The summed E-state index contributed by atoms with van der Waals surface area (Å²) in [5, 5.41) is 8.77. The van der Waals surface area contributed by atoms with Crippen LogP contribution in [0.25, 0.3) is 0 Å². The van der Waals surface area contributed by atoms with Crippen LogP contribution in [-0.4, -0.2) is 63.9 Å². The molecule has 7 heteroatoms. The lowest BCUT2D eigenvalue weighted by molar-refractivity contribution is -0.130. The standard InChI is InChI=1S/C13H15N3O4/c1-9(17)15-4-6-16(7-5-15)12(18)11-3-2-10(8-14-11)13(19)20/h2-3,8H,4-7H2,1H3,(H,19,20). The second kappa shape index (κ2) is 5.68. The Balaban J connectivity index is 2.01. The Morgan fingerprint density at radius 3 is 2.15 bits per heavy atom. The molecule has 1 N–H and O–H groups in total. The maximum atomic E-state index is 12.2. The van der Waals surface area contributed by atoms with E-state index in [0.717, 1.165) is 0 Å². The molecular formula is C13H15N3O4. The Kier molecular flexibility index (Phi) is 3.97. The van der Waals surface area contributed by atoms with E-state index >= 15 is 0 Å². The molecule has 0 unspecified atom stereocenters. The number of rotatable bonds is 2. The van der Waals surface area contributed by atoms with Crippen molar-refractivity contribution in [1.82, 2.24) is 14.8 Å². The van der Waals surface area contributed by atoms with Crippen molar-refractivity contribution < 1.29 is 19.5 Å². The van der Waals surface area contributed by atoms with Crippen LogP contribution in [0.3, 0.4) is 0 Å². The fraction of sp³-hybridized carbons (Fsp3) is 0.385. The number of carboxylic acids is 1. The number of amides is 2. The lowest BCUT2D eigenvalue weighted by Gasteiger charge is -2.34. The molecule has 106 valence electrons. The monoisotopic (exact) mass is 277 g/mol. The first-order valence-corrected chi connectivity index (χ1v) is 6.23. The van der Waals surface area contributed by atoms with Crippen LogP contribution in [-0.2, 0) is 4.79 Å². The SMILES string of the molecule is CC(=O)N1CCN(C(=O)c2ccc(C(=O)O)cn2)CC1. The maximum Gasteiger partial charge on any atom is 0.337 e. The zero-order valence-electron chi connectivity index (χ0n) is 11.1. The minimum atomic E-state index is -1.08. The molecule has 0 spiro atoms. The second-order valence-electron chi connectivity index (χ2n) is 4.54. The maximum absolute atomic E-state index is 12.2. The molecule has 0 radical (unpaired) electrons. The van der Waals surface area contributed by atoms with Crippen molar-refractivity contribution in [2.45, 2.75) is 6.92 Å². The molecule has 1 aromatic heterocycles. The number of piperazine rings is 1. The quantitative estimate of drug-likeness (QED) is 0.827. The third-order valence-electron chi connectivity index (χ3n) is 3.24. The second-order valence-corrected chi connectivity index (χ2v) is 4.54. The van der Waals surface area contributed by atoms with Crippen LogP contribution >= 0.6 is 0 Å². The van der Waals surface area contributed by atoms with Crippen LogP contribution in [0, 0.1) is 0 Å². The van der Waals surface area contributed by atoms with Crippen LogP contribution in [0.5, 0.6) is 0 Å². The molecule has 0 atom stereocenters. The molecule has 7 nitrogen and oxygen atoms in total. The van der Waals surface area contributed by atoms with E-state index in [2.05, 4.69) is 4.98 Å². The molecule has 0 bridgehead atoms. The first kappa shape index (κ1) is 14.0. The van der Waals surface area contributed by atoms with Crippen molar-refractivity contribution in [1.29, 1.82) is 0 Å². The van der Waals surface area contributed by atoms with Crippen molar-refractivity contribution in [3.63, 3.8) is 0 Å². The van der Waals surface area contributed by atoms with E-state index in [1.54, 1.807) is 9.80 Å². The molecule has 2 heterocycles. The summed E-state index contributed by atoms with van der Waals surface area (Å²) in [6, 6.07) is 2.76. The summed E-state index contributed by atoms with van der Waals surface area (Å²) in [7, 11) is 0. The summed E-state index contributed by atoms with van der Waals surface area (Å²) in [6.45, 7) is 3.44. The van der Waals surface area contributed by atoms with Crippen LogP contribution in [0.4, 0.5) is 0 Å². The van der Waals surface area contributed by atoms with Crippen LogP contribution in [0.15, 0.2) is 18.3 Å². The highest BCUT2D eigenvalue weighted by Crippen LogP contribution is 2.08. The van der Waals surface area contributed by atoms with Gasteiger partial charge in [-0.1, -0.05) is 0 Å². The van der Waals surface area contributed by atoms with E-state index in [1.165, 1.54) is 25.3 Å². The van der Waals surface area contributed by atoms with Gasteiger partial charge in [0.1, 0.15) is 5.69 Å². The number of carbonyl (C=O) groups excluding carboxylic acids is 2. The molecule has 1 aliphatic rings. The first-order valence-electron chi connectivity index (χ1n) is 6.23. The summed E-state index contributed by atoms with van der Waals surface area (Å²) < 4.78 is 0. The van der Waals surface area contributed by atoms with E-state index in [0.29, 0.717) is 26.2 Å². The Morgan fingerprint density at radius 1 is 1.10 bits per heavy atom. The number of pyridine rings is 1. The van der Waals surface area contributed by atoms with Crippen molar-refractivity contribution >= 4 is 17.8 Å². The van der Waals surface area contributed by atoms with Gasteiger partial charge in [-0.05, 0) is 12.1 Å². The average Bonchev–Trinajstić information content (AvgIpc) is 2.46. The van der Waals surface area contributed by atoms with Gasteiger partial charge in [-0.15, -0.1) is 0 Å². The first-order chi connectivity index (χ1) is 9.49. The van der Waals surface area contributed by atoms with Gasteiger partial charge in [-0.25, -0.2) is 4.79 Å². The van der Waals surface area contributed by atoms with Gasteiger partial charge >= 0.3 is 5.97 Å². The van der Waals surface area contributed by atoms with Gasteiger partial charge in [0.05, 0.1) is 5.56 Å². The molecule has 0 aliphatic carbocycles. The highest BCUT2D eigenvalue weighted by molar-refractivity contribution is 5.94. The van der Waals surface area contributed by atoms with Gasteiger partial charge in [-0.3, -0.25) is 14.6 Å². The number of carbonyl (C=O) groups is 3. The fourth-order valence-corrected chi connectivity index (χ4v) is 2.03. The zero-order valence-corrected chi connectivity index (χ0v) is 11.1. The van der Waals surface area contributed by atoms with Crippen LogP contribution in [0.2, 0.25) is 0 Å². The Labute approximate surface area is 115 Å². The molecular weight excluding hydrogens is 262 g/mol. The summed E-state index contributed by atoms with van der Waals surface area (Å²) in [5.74, 6) is -1.32. The fourth-order valence-electron chi connectivity index (χ4n) is 2.03. The number of carboxylic acid groups (broad SMARTS) is 1. The molecule has 1 fully saturated rings. The topological polar surface area (TPSA) is 90.8 Å². The van der Waals surface area contributed by atoms with Gasteiger partial charge < -0.3 is 14.9 Å². The van der Waals surface area contributed by atoms with Crippen molar-refractivity contribution in [3.05, 3.63) is 29.6 Å². The predicted molar refractivity (Wildman–Crippen MR) is 69.4 cm³/mol. The summed E-state index contributed by atoms with van der Waals surface area (Å²) in [6.07, 6.45) is 1.17. The predicted octanol–water partition coefficient (Wildman–Crippen LogP) is 0.0841. The Morgan fingerprint density at radius 2 is 1.70 bits per heavy atom. The minimum absolute atomic E-state index is 0.000958. The number of hydrogen-bond donors (Lipinski definition) is 1. The van der Waals surface area contributed by atoms with E-state index in [9.17, 15) is 14.4 Å². The Bertz CT molecular complexity index is 533. The van der Waals surface area contributed by atoms with E-state index in [4.69, 9.17) is 5.11 Å². The molecule has 2 rings (SSSR count). The number of aromatic carboxylic acids is 1. The van der Waals surface area contributed by atoms with E-state index in [-0.39, 0.29) is 23.1 Å². The summed E-state index contributed by atoms with van der Waals surface area (Å²) in [5.41, 5.74) is 0.259. The van der Waals surface area contributed by atoms with Crippen molar-refractivity contribution in [3.8, 4) is 0 Å². The van der Waals surface area contributed by atoms with Gasteiger partial charge in [0.25, 0.3) is 5.91 Å². The lowest BCUT2D eigenvalue weighted by Crippen LogP contribution is -2.50. The van der Waals surface area contributed by atoms with Crippen molar-refractivity contribution in [2.24, 2.45) is 0 Å². The number of aromatic nitrogens is 1. The van der Waals surface area contributed by atoms with Crippen molar-refractivity contribution in [2.75, 3.05) is 26.2 Å².